The van der Waals surface area contributed by atoms with Gasteiger partial charge in [-0.05, 0) is 13.8 Å². The van der Waals surface area contributed by atoms with Crippen LogP contribution >= 0.6 is 0 Å². The van der Waals surface area contributed by atoms with Crippen LogP contribution in [0.4, 0.5) is 5.69 Å². The van der Waals surface area contributed by atoms with Gasteiger partial charge in [-0.15, -0.1) is 0 Å². The number of rotatable bonds is 2. The highest BCUT2D eigenvalue weighted by atomic mass is 16.5. The van der Waals surface area contributed by atoms with Gasteiger partial charge < -0.3 is 9.42 Å². The maximum atomic E-state index is 10.9. The highest BCUT2D eigenvalue weighted by Gasteiger charge is 2.10. The summed E-state index contributed by atoms with van der Waals surface area (Å²) in [5, 5.41) is 2.40. The van der Waals surface area contributed by atoms with Gasteiger partial charge in [0.2, 0.25) is 0 Å². The smallest absolute Gasteiger partial charge is 0.365 e. The third kappa shape index (κ3) is 1.45. The fraction of sp³-hybridized carbons (Fsp3) is 0.571. The topological polar surface area (TPSA) is 49.2 Å². The summed E-state index contributed by atoms with van der Waals surface area (Å²) in [6.45, 7) is 4.01. The molecule has 62 valence electrons. The van der Waals surface area contributed by atoms with Gasteiger partial charge in [-0.1, -0.05) is 0 Å². The second-order valence-corrected chi connectivity index (χ2v) is 2.74. The Bertz CT molecular complexity index is 274. The van der Waals surface area contributed by atoms with Crippen LogP contribution in [-0.2, 0) is 0 Å². The van der Waals surface area contributed by atoms with Crippen LogP contribution in [0.25, 0.3) is 0 Å². The van der Waals surface area contributed by atoms with Crippen molar-refractivity contribution in [1.29, 1.82) is 0 Å². The summed E-state index contributed by atoms with van der Waals surface area (Å²) in [5.41, 5.74) is 0.251. The summed E-state index contributed by atoms with van der Waals surface area (Å²) in [6.07, 6.45) is 1.56. The molecule has 0 aliphatic carbocycles. The lowest BCUT2D eigenvalue weighted by molar-refractivity contribution is 0.391. The predicted molar refractivity (Wildman–Crippen MR) is 42.9 cm³/mol. The average Bonchev–Trinajstić information content (AvgIpc) is 2.33. The van der Waals surface area contributed by atoms with Crippen molar-refractivity contribution in [2.45, 2.75) is 19.9 Å². The van der Waals surface area contributed by atoms with Crippen LogP contribution in [0.2, 0.25) is 0 Å². The van der Waals surface area contributed by atoms with Crippen molar-refractivity contribution in [2.24, 2.45) is 0 Å². The Morgan fingerprint density at radius 2 is 2.27 bits per heavy atom. The Kier molecular flexibility index (Phi) is 2.03. The van der Waals surface area contributed by atoms with Crippen LogP contribution in [0.1, 0.15) is 13.8 Å². The van der Waals surface area contributed by atoms with E-state index >= 15 is 0 Å². The normalized spacial score (nSPS) is 10.5. The van der Waals surface area contributed by atoms with Crippen LogP contribution < -0.4 is 10.5 Å². The molecule has 0 radical (unpaired) electrons. The van der Waals surface area contributed by atoms with Gasteiger partial charge in [0.15, 0.2) is 0 Å². The van der Waals surface area contributed by atoms with Gasteiger partial charge in [0.1, 0.15) is 5.69 Å². The van der Waals surface area contributed by atoms with E-state index in [0.29, 0.717) is 11.7 Å². The molecule has 0 aromatic carbocycles. The number of anilines is 1. The highest BCUT2D eigenvalue weighted by molar-refractivity contribution is 5.40. The van der Waals surface area contributed by atoms with Crippen LogP contribution in [0.3, 0.4) is 0 Å². The first-order chi connectivity index (χ1) is 5.13. The zero-order chi connectivity index (χ0) is 8.43. The molecule has 0 fully saturated rings. The van der Waals surface area contributed by atoms with E-state index in [9.17, 15) is 4.79 Å². The van der Waals surface area contributed by atoms with Crippen LogP contribution in [0.15, 0.2) is 15.5 Å². The predicted octanol–water partition coefficient (Wildman–Crippen LogP) is 0.812. The van der Waals surface area contributed by atoms with Gasteiger partial charge in [-0.3, -0.25) is 0 Å². The van der Waals surface area contributed by atoms with Crippen molar-refractivity contribution >= 4 is 5.69 Å². The highest BCUT2D eigenvalue weighted by Crippen LogP contribution is 2.06. The Morgan fingerprint density at radius 1 is 1.64 bits per heavy atom. The molecule has 0 unspecified atom stereocenters. The zero-order valence-corrected chi connectivity index (χ0v) is 6.92. The Labute approximate surface area is 64.8 Å². The van der Waals surface area contributed by atoms with Crippen LogP contribution in [0, 0.1) is 0 Å². The molecule has 0 bridgehead atoms. The minimum Gasteiger partial charge on any atom is -0.365 e. The number of nitrogens with one attached hydrogen (secondary N) is 1. The standard InChI is InChI=1S/C7H12N2O2/c1-5(2)9(3)6-4-8-11-7(6)10/h4-5,8H,1-3H3. The molecule has 11 heavy (non-hydrogen) atoms. The number of nitrogens with zero attached hydrogens (tertiary/aromatic N) is 1. The fourth-order valence-electron chi connectivity index (χ4n) is 0.774. The molecule has 0 saturated heterocycles. The summed E-state index contributed by atoms with van der Waals surface area (Å²) < 4.78 is 4.51. The van der Waals surface area contributed by atoms with Crippen molar-refractivity contribution in [3.63, 3.8) is 0 Å². The van der Waals surface area contributed by atoms with Gasteiger partial charge in [-0.25, -0.2) is 9.95 Å². The van der Waals surface area contributed by atoms with E-state index in [1.54, 1.807) is 6.20 Å². The first-order valence-electron chi connectivity index (χ1n) is 3.52. The number of aromatic nitrogens is 1. The van der Waals surface area contributed by atoms with Gasteiger partial charge >= 0.3 is 5.63 Å². The second-order valence-electron chi connectivity index (χ2n) is 2.74. The first-order valence-corrected chi connectivity index (χ1v) is 3.52. The Balaban J connectivity index is 2.93. The molecular weight excluding hydrogens is 144 g/mol. The summed E-state index contributed by atoms with van der Waals surface area (Å²) in [6, 6.07) is 0.300. The third-order valence-electron chi connectivity index (χ3n) is 1.71. The monoisotopic (exact) mass is 156 g/mol. The number of H-pyrrole nitrogens is 1. The molecular formula is C7H12N2O2. The van der Waals surface area contributed by atoms with E-state index in [-0.39, 0.29) is 5.63 Å². The lowest BCUT2D eigenvalue weighted by Crippen LogP contribution is -2.28. The average molecular weight is 156 g/mol. The molecule has 1 aromatic rings. The van der Waals surface area contributed by atoms with Gasteiger partial charge in [-0.2, -0.15) is 0 Å². The van der Waals surface area contributed by atoms with E-state index in [0.717, 1.165) is 0 Å². The summed E-state index contributed by atoms with van der Waals surface area (Å²) >= 11 is 0. The molecule has 0 aliphatic rings. The van der Waals surface area contributed by atoms with Gasteiger partial charge in [0.05, 0.1) is 6.20 Å². The maximum Gasteiger partial charge on any atom is 0.380 e. The largest absolute Gasteiger partial charge is 0.380 e. The van der Waals surface area contributed by atoms with Crippen molar-refractivity contribution in [3.8, 4) is 0 Å². The Hall–Kier alpha value is -1.19. The minimum absolute atomic E-state index is 0.300. The zero-order valence-electron chi connectivity index (χ0n) is 6.92. The van der Waals surface area contributed by atoms with Crippen molar-refractivity contribution in [3.05, 3.63) is 16.6 Å². The van der Waals surface area contributed by atoms with E-state index < -0.39 is 0 Å². The molecule has 0 aliphatic heterocycles. The summed E-state index contributed by atoms with van der Waals surface area (Å²) in [7, 11) is 1.85. The quantitative estimate of drug-likeness (QED) is 0.689. The molecule has 0 atom stereocenters. The van der Waals surface area contributed by atoms with E-state index in [2.05, 4.69) is 9.68 Å². The Morgan fingerprint density at radius 3 is 2.64 bits per heavy atom. The molecule has 0 saturated carbocycles. The molecule has 1 aromatic heterocycles. The lowest BCUT2D eigenvalue weighted by atomic mass is 10.3. The third-order valence-corrected chi connectivity index (χ3v) is 1.71. The lowest BCUT2D eigenvalue weighted by Gasteiger charge is -2.19. The van der Waals surface area contributed by atoms with Crippen molar-refractivity contribution in [1.82, 2.24) is 5.16 Å². The molecule has 1 rings (SSSR count). The molecule has 4 heteroatoms. The van der Waals surface area contributed by atoms with Crippen molar-refractivity contribution in [2.75, 3.05) is 11.9 Å². The molecule has 1 heterocycles. The maximum absolute atomic E-state index is 10.9. The van der Waals surface area contributed by atoms with Crippen LogP contribution in [0.5, 0.6) is 0 Å². The summed E-state index contributed by atoms with van der Waals surface area (Å²) in [4.78, 5) is 12.8. The van der Waals surface area contributed by atoms with E-state index in [4.69, 9.17) is 0 Å². The number of hydrogen-bond donors (Lipinski definition) is 1. The SMILES string of the molecule is CC(C)N(C)c1c[nH]oc1=O. The fourth-order valence-corrected chi connectivity index (χ4v) is 0.774. The number of hydrogen-bond acceptors (Lipinski definition) is 3. The summed E-state index contributed by atoms with van der Waals surface area (Å²) in [5.74, 6) is 0. The van der Waals surface area contributed by atoms with E-state index in [1.165, 1.54) is 0 Å². The van der Waals surface area contributed by atoms with Crippen LogP contribution in [-0.4, -0.2) is 18.2 Å². The first kappa shape index (κ1) is 7.91. The van der Waals surface area contributed by atoms with Gasteiger partial charge in [0.25, 0.3) is 0 Å². The molecule has 0 spiro atoms. The molecule has 4 nitrogen and oxygen atoms in total. The molecule has 0 amide bonds. The number of aromatic amines is 1. The minimum atomic E-state index is -0.318. The van der Waals surface area contributed by atoms with Crippen molar-refractivity contribution < 1.29 is 4.52 Å². The second kappa shape index (κ2) is 2.82. The molecule has 1 N–H and O–H groups in total. The van der Waals surface area contributed by atoms with Gasteiger partial charge in [0, 0.05) is 13.1 Å². The van der Waals surface area contributed by atoms with E-state index in [1.807, 2.05) is 25.8 Å².